The lowest BCUT2D eigenvalue weighted by Gasteiger charge is -2.28. The van der Waals surface area contributed by atoms with Gasteiger partial charge in [0.2, 0.25) is 11.8 Å². The molecule has 2 amide bonds. The van der Waals surface area contributed by atoms with Crippen LogP contribution in [-0.2, 0) is 29.1 Å². The van der Waals surface area contributed by atoms with Crippen LogP contribution in [0.5, 0.6) is 0 Å². The maximum Gasteiger partial charge on any atom is 0.245 e. The quantitative estimate of drug-likeness (QED) is 0.873. The molecule has 2 aliphatic rings. The third-order valence-electron chi connectivity index (χ3n) is 4.94. The molecule has 1 aliphatic carbocycles. The van der Waals surface area contributed by atoms with Gasteiger partial charge in [0.25, 0.3) is 0 Å². The van der Waals surface area contributed by atoms with Gasteiger partial charge in [-0.25, -0.2) is 0 Å². The van der Waals surface area contributed by atoms with E-state index in [1.54, 1.807) is 11.9 Å². The highest BCUT2D eigenvalue weighted by Gasteiger charge is 2.33. The van der Waals surface area contributed by atoms with Gasteiger partial charge >= 0.3 is 0 Å². The molecule has 1 N–H and O–H groups in total. The van der Waals surface area contributed by atoms with Crippen LogP contribution in [0.4, 0.5) is 0 Å². The molecule has 2 heterocycles. The summed E-state index contributed by atoms with van der Waals surface area (Å²) in [5.41, 5.74) is 0. The second-order valence-corrected chi connectivity index (χ2v) is 6.70. The predicted molar refractivity (Wildman–Crippen MR) is 84.4 cm³/mol. The summed E-state index contributed by atoms with van der Waals surface area (Å²) in [5, 5.41) is 11.3. The van der Waals surface area contributed by atoms with Crippen LogP contribution in [0.25, 0.3) is 0 Å². The van der Waals surface area contributed by atoms with E-state index < -0.39 is 6.04 Å². The summed E-state index contributed by atoms with van der Waals surface area (Å²) in [5.74, 6) is 1.92. The molecule has 1 saturated carbocycles. The summed E-state index contributed by atoms with van der Waals surface area (Å²) in [6, 6.07) is -0.416. The molecule has 126 valence electrons. The van der Waals surface area contributed by atoms with E-state index >= 15 is 0 Å². The lowest BCUT2D eigenvalue weighted by atomic mass is 9.96. The molecule has 1 aromatic heterocycles. The Labute approximate surface area is 136 Å². The minimum absolute atomic E-state index is 0.0255. The molecule has 1 atom stereocenters. The Morgan fingerprint density at radius 1 is 1.30 bits per heavy atom. The van der Waals surface area contributed by atoms with E-state index in [1.807, 2.05) is 0 Å². The molecule has 7 nitrogen and oxygen atoms in total. The van der Waals surface area contributed by atoms with E-state index in [0.717, 1.165) is 56.7 Å². The molecule has 23 heavy (non-hydrogen) atoms. The lowest BCUT2D eigenvalue weighted by molar-refractivity contribution is -0.137. The molecular weight excluding hydrogens is 294 g/mol. The molecular formula is C16H25N5O2. The topological polar surface area (TPSA) is 80.1 Å². The highest BCUT2D eigenvalue weighted by molar-refractivity contribution is 5.87. The monoisotopic (exact) mass is 319 g/mol. The Kier molecular flexibility index (Phi) is 4.63. The maximum absolute atomic E-state index is 12.8. The van der Waals surface area contributed by atoms with Crippen molar-refractivity contribution in [3.63, 3.8) is 0 Å². The van der Waals surface area contributed by atoms with Gasteiger partial charge in [0, 0.05) is 26.9 Å². The van der Waals surface area contributed by atoms with Crippen LogP contribution in [-0.4, -0.2) is 44.6 Å². The summed E-state index contributed by atoms with van der Waals surface area (Å²) < 4.78 is 2.10. The molecule has 0 bridgehead atoms. The molecule has 0 spiro atoms. The number of carbonyl (C=O) groups excluding carboxylic acids is 2. The van der Waals surface area contributed by atoms with E-state index in [-0.39, 0.29) is 17.7 Å². The van der Waals surface area contributed by atoms with Crippen LogP contribution in [0, 0.1) is 5.92 Å². The number of nitrogens with zero attached hydrogens (tertiary/aromatic N) is 4. The number of amides is 2. The number of hydrogen-bond acceptors (Lipinski definition) is 4. The molecule has 1 aliphatic heterocycles. The minimum atomic E-state index is -0.416. The standard InChI is InChI=1S/C16H25N5O2/c1-11(22)17-15(12-6-3-4-7-12)16(23)20(2)10-14-19-18-13-8-5-9-21(13)14/h12,15H,3-10H2,1-2H3,(H,17,22)/t15-/m1/s1. The number of carbonyl (C=O) groups is 2. The highest BCUT2D eigenvalue weighted by atomic mass is 16.2. The van der Waals surface area contributed by atoms with Crippen molar-refractivity contribution in [2.24, 2.45) is 5.92 Å². The molecule has 0 aromatic carbocycles. The Morgan fingerprint density at radius 2 is 2.04 bits per heavy atom. The van der Waals surface area contributed by atoms with Gasteiger partial charge in [-0.15, -0.1) is 10.2 Å². The first-order chi connectivity index (χ1) is 11.1. The third kappa shape index (κ3) is 3.38. The van der Waals surface area contributed by atoms with Crippen molar-refractivity contribution in [1.29, 1.82) is 0 Å². The first kappa shape index (κ1) is 16.0. The fourth-order valence-electron chi connectivity index (χ4n) is 3.75. The molecule has 7 heteroatoms. The van der Waals surface area contributed by atoms with Crippen molar-refractivity contribution in [2.75, 3.05) is 7.05 Å². The number of hydrogen-bond donors (Lipinski definition) is 1. The van der Waals surface area contributed by atoms with Crippen LogP contribution >= 0.6 is 0 Å². The first-order valence-corrected chi connectivity index (χ1v) is 8.49. The molecule has 1 aromatic rings. The van der Waals surface area contributed by atoms with E-state index in [4.69, 9.17) is 0 Å². The van der Waals surface area contributed by atoms with Gasteiger partial charge in [0.15, 0.2) is 5.82 Å². The van der Waals surface area contributed by atoms with E-state index in [0.29, 0.717) is 6.54 Å². The van der Waals surface area contributed by atoms with Crippen molar-refractivity contribution in [1.82, 2.24) is 25.0 Å². The predicted octanol–water partition coefficient (Wildman–Crippen LogP) is 0.878. The Hall–Kier alpha value is -1.92. The zero-order valence-corrected chi connectivity index (χ0v) is 13.9. The van der Waals surface area contributed by atoms with Gasteiger partial charge < -0.3 is 14.8 Å². The lowest BCUT2D eigenvalue weighted by Crippen LogP contribution is -2.50. The third-order valence-corrected chi connectivity index (χ3v) is 4.94. The van der Waals surface area contributed by atoms with Crippen molar-refractivity contribution in [2.45, 2.75) is 64.6 Å². The number of likely N-dealkylation sites (N-methyl/N-ethyl adjacent to an activating group) is 1. The number of aromatic nitrogens is 3. The number of aryl methyl sites for hydroxylation is 1. The van der Waals surface area contributed by atoms with Gasteiger partial charge in [0.05, 0.1) is 6.54 Å². The Morgan fingerprint density at radius 3 is 2.74 bits per heavy atom. The van der Waals surface area contributed by atoms with Crippen LogP contribution in [0.15, 0.2) is 0 Å². The number of nitrogens with one attached hydrogen (secondary N) is 1. The average molecular weight is 319 g/mol. The van der Waals surface area contributed by atoms with Gasteiger partial charge in [-0.3, -0.25) is 9.59 Å². The molecule has 1 fully saturated rings. The number of fused-ring (bicyclic) bond motifs is 1. The largest absolute Gasteiger partial charge is 0.344 e. The SMILES string of the molecule is CC(=O)N[C@@H](C(=O)N(C)Cc1nnc2n1CCC2)C1CCCC1. The fourth-order valence-corrected chi connectivity index (χ4v) is 3.75. The zero-order chi connectivity index (χ0) is 16.4. The van der Waals surface area contributed by atoms with Crippen molar-refractivity contribution in [3.8, 4) is 0 Å². The summed E-state index contributed by atoms with van der Waals surface area (Å²) >= 11 is 0. The average Bonchev–Trinajstić information content (AvgIpc) is 3.23. The molecule has 0 saturated heterocycles. The van der Waals surface area contributed by atoms with Crippen LogP contribution in [0.2, 0.25) is 0 Å². The molecule has 3 rings (SSSR count). The maximum atomic E-state index is 12.8. The van der Waals surface area contributed by atoms with E-state index in [9.17, 15) is 9.59 Å². The molecule has 0 radical (unpaired) electrons. The Bertz CT molecular complexity index is 591. The summed E-state index contributed by atoms with van der Waals surface area (Å²) in [4.78, 5) is 26.0. The highest BCUT2D eigenvalue weighted by Crippen LogP contribution is 2.28. The second kappa shape index (κ2) is 6.68. The fraction of sp³-hybridized carbons (Fsp3) is 0.750. The van der Waals surface area contributed by atoms with Crippen LogP contribution < -0.4 is 5.32 Å². The van der Waals surface area contributed by atoms with Gasteiger partial charge in [-0.2, -0.15) is 0 Å². The van der Waals surface area contributed by atoms with E-state index in [2.05, 4.69) is 20.1 Å². The smallest absolute Gasteiger partial charge is 0.245 e. The summed E-state index contributed by atoms with van der Waals surface area (Å²) in [6.45, 7) is 2.84. The van der Waals surface area contributed by atoms with Crippen molar-refractivity contribution < 1.29 is 9.59 Å². The first-order valence-electron chi connectivity index (χ1n) is 8.49. The zero-order valence-electron chi connectivity index (χ0n) is 13.9. The van der Waals surface area contributed by atoms with Gasteiger partial charge in [-0.05, 0) is 25.2 Å². The van der Waals surface area contributed by atoms with Crippen LogP contribution in [0.3, 0.4) is 0 Å². The summed E-state index contributed by atoms with van der Waals surface area (Å²) in [7, 11) is 1.78. The van der Waals surface area contributed by atoms with Crippen LogP contribution in [0.1, 0.15) is 50.7 Å². The number of rotatable bonds is 5. The van der Waals surface area contributed by atoms with Crippen molar-refractivity contribution >= 4 is 11.8 Å². The van der Waals surface area contributed by atoms with Gasteiger partial charge in [-0.1, -0.05) is 12.8 Å². The van der Waals surface area contributed by atoms with Crippen molar-refractivity contribution in [3.05, 3.63) is 11.6 Å². The summed E-state index contributed by atoms with van der Waals surface area (Å²) in [6.07, 6.45) is 6.33. The van der Waals surface area contributed by atoms with Gasteiger partial charge in [0.1, 0.15) is 11.9 Å². The second-order valence-electron chi connectivity index (χ2n) is 6.70. The van der Waals surface area contributed by atoms with E-state index in [1.165, 1.54) is 6.92 Å². The minimum Gasteiger partial charge on any atom is -0.344 e. The normalized spacial score (nSPS) is 18.7. The molecule has 0 unspecified atom stereocenters. The Balaban J connectivity index is 1.69.